The highest BCUT2D eigenvalue weighted by atomic mass is 19.1. The van der Waals surface area contributed by atoms with Crippen LogP contribution in [0.25, 0.3) is 16.8 Å². The van der Waals surface area contributed by atoms with E-state index in [4.69, 9.17) is 5.73 Å². The first-order chi connectivity index (χ1) is 10.2. The van der Waals surface area contributed by atoms with Crippen molar-refractivity contribution in [2.75, 3.05) is 5.73 Å². The average molecular weight is 278 g/mol. The van der Waals surface area contributed by atoms with Crippen molar-refractivity contribution in [3.63, 3.8) is 0 Å². The molecule has 0 atom stereocenters. The predicted octanol–water partition coefficient (Wildman–Crippen LogP) is 3.13. The molecule has 2 aromatic carbocycles. The van der Waals surface area contributed by atoms with Gasteiger partial charge in [0.05, 0.1) is 11.3 Å². The fourth-order valence-electron chi connectivity index (χ4n) is 2.20. The Hall–Kier alpha value is -3.13. The van der Waals surface area contributed by atoms with E-state index in [1.54, 1.807) is 18.2 Å². The number of nitrogens with zero attached hydrogens (tertiary/aromatic N) is 3. The second kappa shape index (κ2) is 5.10. The van der Waals surface area contributed by atoms with Crippen molar-refractivity contribution < 1.29 is 4.39 Å². The number of para-hydroxylation sites is 1. The molecule has 0 aliphatic heterocycles. The molecule has 0 amide bonds. The molecule has 1 aromatic heterocycles. The first-order valence-electron chi connectivity index (χ1n) is 6.31. The van der Waals surface area contributed by atoms with Crippen LogP contribution in [0.3, 0.4) is 0 Å². The number of nitrogens with two attached hydrogens (primary N) is 1. The van der Waals surface area contributed by atoms with Crippen LogP contribution in [0.1, 0.15) is 5.69 Å². The molecule has 3 aromatic rings. The molecular weight excluding hydrogens is 267 g/mol. The highest BCUT2D eigenvalue weighted by Gasteiger charge is 2.20. The lowest BCUT2D eigenvalue weighted by atomic mass is 10.1. The van der Waals surface area contributed by atoms with Gasteiger partial charge in [-0.3, -0.25) is 0 Å². The van der Waals surface area contributed by atoms with Crippen LogP contribution in [-0.4, -0.2) is 9.78 Å². The third-order valence-electron chi connectivity index (χ3n) is 3.17. The molecule has 0 aliphatic carbocycles. The van der Waals surface area contributed by atoms with Gasteiger partial charge in [-0.1, -0.05) is 36.4 Å². The summed E-state index contributed by atoms with van der Waals surface area (Å²) in [6, 6.07) is 17.3. The number of nitriles is 1. The molecule has 1 heterocycles. The summed E-state index contributed by atoms with van der Waals surface area (Å²) < 4.78 is 15.4. The van der Waals surface area contributed by atoms with Crippen LogP contribution >= 0.6 is 0 Å². The maximum absolute atomic E-state index is 14.0. The number of aromatic nitrogens is 2. The maximum Gasteiger partial charge on any atom is 0.173 e. The molecule has 2 N–H and O–H groups in total. The average Bonchev–Trinajstić information content (AvgIpc) is 2.85. The second-order valence-corrected chi connectivity index (χ2v) is 4.45. The molecular formula is C16H11FN4. The van der Waals surface area contributed by atoms with Crippen LogP contribution in [0.2, 0.25) is 0 Å². The van der Waals surface area contributed by atoms with Crippen molar-refractivity contribution in [1.29, 1.82) is 5.26 Å². The minimum atomic E-state index is -0.437. The molecule has 0 bridgehead atoms. The summed E-state index contributed by atoms with van der Waals surface area (Å²) in [6.07, 6.45) is 0. The molecule has 21 heavy (non-hydrogen) atoms. The van der Waals surface area contributed by atoms with Gasteiger partial charge in [0.1, 0.15) is 17.7 Å². The van der Waals surface area contributed by atoms with Crippen molar-refractivity contribution in [1.82, 2.24) is 9.78 Å². The Labute approximate surface area is 120 Å². The van der Waals surface area contributed by atoms with Gasteiger partial charge in [-0.2, -0.15) is 10.4 Å². The molecule has 0 unspecified atom stereocenters. The summed E-state index contributed by atoms with van der Waals surface area (Å²) in [5.41, 5.74) is 7.50. The smallest absolute Gasteiger partial charge is 0.173 e. The van der Waals surface area contributed by atoms with Gasteiger partial charge in [-0.25, -0.2) is 9.07 Å². The number of anilines is 1. The molecule has 5 heteroatoms. The third-order valence-corrected chi connectivity index (χ3v) is 3.17. The highest BCUT2D eigenvalue weighted by molar-refractivity contribution is 5.80. The van der Waals surface area contributed by atoms with E-state index in [-0.39, 0.29) is 17.1 Å². The number of nitrogen functional groups attached to an aromatic ring is 1. The molecule has 0 radical (unpaired) electrons. The molecule has 102 valence electrons. The quantitative estimate of drug-likeness (QED) is 0.783. The Morgan fingerprint density at radius 3 is 2.38 bits per heavy atom. The Bertz CT molecular complexity index is 831. The monoisotopic (exact) mass is 278 g/mol. The van der Waals surface area contributed by atoms with Gasteiger partial charge in [-0.15, -0.1) is 0 Å². The standard InChI is InChI=1S/C16H11FN4/c17-13-9-5-4-8-12(13)15-14(10-18)20-21(16(15)19)11-6-2-1-3-7-11/h1-9H,19H2. The zero-order valence-corrected chi connectivity index (χ0v) is 11.0. The van der Waals surface area contributed by atoms with Crippen LogP contribution in [0, 0.1) is 17.1 Å². The van der Waals surface area contributed by atoms with Gasteiger partial charge in [-0.05, 0) is 18.2 Å². The number of halogens is 1. The summed E-state index contributed by atoms with van der Waals surface area (Å²) in [5.74, 6) is -0.198. The fourth-order valence-corrected chi connectivity index (χ4v) is 2.20. The summed E-state index contributed by atoms with van der Waals surface area (Å²) in [7, 11) is 0. The Kier molecular flexibility index (Phi) is 3.13. The zero-order chi connectivity index (χ0) is 14.8. The lowest BCUT2D eigenvalue weighted by Gasteiger charge is -2.05. The van der Waals surface area contributed by atoms with E-state index in [0.717, 1.165) is 0 Å². The second-order valence-electron chi connectivity index (χ2n) is 4.45. The summed E-state index contributed by atoms with van der Waals surface area (Å²) >= 11 is 0. The minimum absolute atomic E-state index is 0.0986. The van der Waals surface area contributed by atoms with Crippen molar-refractivity contribution in [3.8, 4) is 22.9 Å². The molecule has 0 aliphatic rings. The SMILES string of the molecule is N#Cc1nn(-c2ccccc2)c(N)c1-c1ccccc1F. The molecule has 4 nitrogen and oxygen atoms in total. The molecule has 0 spiro atoms. The summed E-state index contributed by atoms with van der Waals surface area (Å²) in [6.45, 7) is 0. The maximum atomic E-state index is 14.0. The first-order valence-corrected chi connectivity index (χ1v) is 6.31. The summed E-state index contributed by atoms with van der Waals surface area (Å²) in [4.78, 5) is 0. The molecule has 0 saturated heterocycles. The van der Waals surface area contributed by atoms with Gasteiger partial charge >= 0.3 is 0 Å². The van der Waals surface area contributed by atoms with Gasteiger partial charge in [0, 0.05) is 5.56 Å². The Balaban J connectivity index is 2.26. The Morgan fingerprint density at radius 1 is 1.05 bits per heavy atom. The third kappa shape index (κ3) is 2.13. The molecule has 3 rings (SSSR count). The number of rotatable bonds is 2. The van der Waals surface area contributed by atoms with Crippen LogP contribution in [0.15, 0.2) is 54.6 Å². The lowest BCUT2D eigenvalue weighted by Crippen LogP contribution is -2.02. The fraction of sp³-hybridized carbons (Fsp3) is 0. The van der Waals surface area contributed by atoms with E-state index < -0.39 is 5.82 Å². The number of benzene rings is 2. The first kappa shape index (κ1) is 12.9. The largest absolute Gasteiger partial charge is 0.383 e. The lowest BCUT2D eigenvalue weighted by molar-refractivity contribution is 0.631. The minimum Gasteiger partial charge on any atom is -0.383 e. The highest BCUT2D eigenvalue weighted by Crippen LogP contribution is 2.32. The van der Waals surface area contributed by atoms with Crippen molar-refractivity contribution in [2.24, 2.45) is 0 Å². The molecule has 0 saturated carbocycles. The van der Waals surface area contributed by atoms with Gasteiger partial charge in [0.2, 0.25) is 0 Å². The number of hydrogen-bond donors (Lipinski definition) is 1. The van der Waals surface area contributed by atoms with Crippen LogP contribution in [-0.2, 0) is 0 Å². The van der Waals surface area contributed by atoms with Gasteiger partial charge in [0.25, 0.3) is 0 Å². The predicted molar refractivity (Wildman–Crippen MR) is 78.1 cm³/mol. The zero-order valence-electron chi connectivity index (χ0n) is 11.0. The van der Waals surface area contributed by atoms with Gasteiger partial charge < -0.3 is 5.73 Å². The van der Waals surface area contributed by atoms with E-state index >= 15 is 0 Å². The van der Waals surface area contributed by atoms with E-state index in [1.165, 1.54) is 10.7 Å². The van der Waals surface area contributed by atoms with E-state index in [0.29, 0.717) is 11.3 Å². The van der Waals surface area contributed by atoms with Crippen LogP contribution in [0.5, 0.6) is 0 Å². The van der Waals surface area contributed by atoms with E-state index in [2.05, 4.69) is 5.10 Å². The van der Waals surface area contributed by atoms with E-state index in [1.807, 2.05) is 36.4 Å². The van der Waals surface area contributed by atoms with Gasteiger partial charge in [0.15, 0.2) is 5.69 Å². The number of hydrogen-bond acceptors (Lipinski definition) is 3. The van der Waals surface area contributed by atoms with Crippen LogP contribution in [0.4, 0.5) is 10.2 Å². The van der Waals surface area contributed by atoms with Crippen LogP contribution < -0.4 is 5.73 Å². The van der Waals surface area contributed by atoms with Crippen molar-refractivity contribution in [3.05, 3.63) is 66.1 Å². The summed E-state index contributed by atoms with van der Waals surface area (Å²) in [5, 5.41) is 13.4. The van der Waals surface area contributed by atoms with E-state index in [9.17, 15) is 9.65 Å². The normalized spacial score (nSPS) is 10.3. The van der Waals surface area contributed by atoms with Crippen molar-refractivity contribution in [2.45, 2.75) is 0 Å². The Morgan fingerprint density at radius 2 is 1.71 bits per heavy atom. The topological polar surface area (TPSA) is 67.6 Å². The van der Waals surface area contributed by atoms with Crippen molar-refractivity contribution >= 4 is 5.82 Å². The molecule has 0 fully saturated rings.